The van der Waals surface area contributed by atoms with Crippen molar-refractivity contribution in [1.29, 1.82) is 5.26 Å². The van der Waals surface area contributed by atoms with E-state index in [0.29, 0.717) is 17.7 Å². The molecule has 4 heteroatoms. The van der Waals surface area contributed by atoms with Crippen LogP contribution >= 0.6 is 0 Å². The first-order chi connectivity index (χ1) is 7.31. The number of benzene rings is 1. The van der Waals surface area contributed by atoms with E-state index in [2.05, 4.69) is 5.16 Å². The molecule has 15 heavy (non-hydrogen) atoms. The van der Waals surface area contributed by atoms with Crippen LogP contribution in [0.4, 0.5) is 5.88 Å². The van der Waals surface area contributed by atoms with E-state index >= 15 is 0 Å². The Morgan fingerprint density at radius 1 is 1.33 bits per heavy atom. The van der Waals surface area contributed by atoms with Crippen molar-refractivity contribution in [1.82, 2.24) is 5.16 Å². The highest BCUT2D eigenvalue weighted by molar-refractivity contribution is 5.49. The summed E-state index contributed by atoms with van der Waals surface area (Å²) < 4.78 is 4.76. The summed E-state index contributed by atoms with van der Waals surface area (Å²) in [6.07, 6.45) is 0.560. The summed E-state index contributed by atoms with van der Waals surface area (Å²) >= 11 is 0. The third-order valence-electron chi connectivity index (χ3n) is 2.12. The summed E-state index contributed by atoms with van der Waals surface area (Å²) in [6, 6.07) is 11.7. The molecule has 0 unspecified atom stereocenters. The minimum absolute atomic E-state index is 0.0865. The van der Waals surface area contributed by atoms with E-state index in [0.717, 1.165) is 5.56 Å². The fourth-order valence-corrected chi connectivity index (χ4v) is 1.37. The minimum atomic E-state index is 0.0865. The van der Waals surface area contributed by atoms with Gasteiger partial charge in [0.05, 0.1) is 0 Å². The lowest BCUT2D eigenvalue weighted by Gasteiger charge is -1.96. The van der Waals surface area contributed by atoms with Gasteiger partial charge in [0.2, 0.25) is 5.88 Å². The first kappa shape index (κ1) is 9.28. The zero-order valence-electron chi connectivity index (χ0n) is 7.97. The zero-order chi connectivity index (χ0) is 10.7. The lowest BCUT2D eigenvalue weighted by Crippen LogP contribution is -1.92. The SMILES string of the molecule is N#Cc1c(Cc2ccccc2)noc1N. The van der Waals surface area contributed by atoms with Crippen LogP contribution in [0.2, 0.25) is 0 Å². The van der Waals surface area contributed by atoms with E-state index in [9.17, 15) is 0 Å². The van der Waals surface area contributed by atoms with E-state index < -0.39 is 0 Å². The summed E-state index contributed by atoms with van der Waals surface area (Å²) in [5, 5.41) is 12.6. The molecule has 0 saturated heterocycles. The molecule has 1 heterocycles. The number of nitrogen functional groups attached to an aromatic ring is 1. The van der Waals surface area contributed by atoms with Crippen molar-refractivity contribution in [2.24, 2.45) is 0 Å². The maximum atomic E-state index is 8.84. The van der Waals surface area contributed by atoms with Gasteiger partial charge in [-0.25, -0.2) is 0 Å². The van der Waals surface area contributed by atoms with Crippen LogP contribution in [-0.2, 0) is 6.42 Å². The molecule has 0 aliphatic rings. The van der Waals surface area contributed by atoms with Gasteiger partial charge in [-0.3, -0.25) is 0 Å². The molecule has 0 fully saturated rings. The summed E-state index contributed by atoms with van der Waals surface area (Å²) in [7, 11) is 0. The number of anilines is 1. The molecule has 0 amide bonds. The molecule has 2 rings (SSSR count). The molecule has 0 atom stereocenters. The molecular formula is C11H9N3O. The first-order valence-electron chi connectivity index (χ1n) is 4.49. The van der Waals surface area contributed by atoms with Gasteiger partial charge in [-0.05, 0) is 5.56 Å². The van der Waals surface area contributed by atoms with Gasteiger partial charge in [0.25, 0.3) is 0 Å². The van der Waals surface area contributed by atoms with Gasteiger partial charge in [0, 0.05) is 6.42 Å². The second kappa shape index (κ2) is 3.84. The lowest BCUT2D eigenvalue weighted by atomic mass is 10.1. The molecule has 2 aromatic rings. The second-order valence-corrected chi connectivity index (χ2v) is 3.14. The second-order valence-electron chi connectivity index (χ2n) is 3.14. The van der Waals surface area contributed by atoms with Crippen molar-refractivity contribution >= 4 is 5.88 Å². The molecule has 0 saturated carbocycles. The number of hydrogen-bond donors (Lipinski definition) is 1. The average molecular weight is 199 g/mol. The summed E-state index contributed by atoms with van der Waals surface area (Å²) in [4.78, 5) is 0. The van der Waals surface area contributed by atoms with Crippen LogP contribution < -0.4 is 5.73 Å². The molecule has 4 nitrogen and oxygen atoms in total. The van der Waals surface area contributed by atoms with E-state index in [-0.39, 0.29) is 5.88 Å². The van der Waals surface area contributed by atoms with Crippen LogP contribution in [0, 0.1) is 11.3 Å². The van der Waals surface area contributed by atoms with E-state index in [1.54, 1.807) is 0 Å². The van der Waals surface area contributed by atoms with E-state index in [4.69, 9.17) is 15.5 Å². The highest BCUT2D eigenvalue weighted by atomic mass is 16.5. The number of hydrogen-bond acceptors (Lipinski definition) is 4. The molecular weight excluding hydrogens is 190 g/mol. The van der Waals surface area contributed by atoms with Crippen molar-refractivity contribution in [2.45, 2.75) is 6.42 Å². The Morgan fingerprint density at radius 2 is 2.07 bits per heavy atom. The smallest absolute Gasteiger partial charge is 0.240 e. The molecule has 74 valence electrons. The third kappa shape index (κ3) is 1.81. The number of rotatable bonds is 2. The molecule has 0 aliphatic carbocycles. The van der Waals surface area contributed by atoms with E-state index in [1.165, 1.54) is 0 Å². The summed E-state index contributed by atoms with van der Waals surface area (Å²) in [5.41, 5.74) is 7.44. The summed E-state index contributed by atoms with van der Waals surface area (Å²) in [5.74, 6) is 0.0865. The average Bonchev–Trinajstić information content (AvgIpc) is 2.61. The highest BCUT2D eigenvalue weighted by Crippen LogP contribution is 2.17. The molecule has 0 radical (unpaired) electrons. The fourth-order valence-electron chi connectivity index (χ4n) is 1.37. The predicted molar refractivity (Wildman–Crippen MR) is 54.9 cm³/mol. The van der Waals surface area contributed by atoms with Crippen LogP contribution in [0.5, 0.6) is 0 Å². The number of nitrogens with zero attached hydrogens (tertiary/aromatic N) is 2. The van der Waals surface area contributed by atoms with Crippen molar-refractivity contribution in [3.8, 4) is 6.07 Å². The van der Waals surface area contributed by atoms with Gasteiger partial charge < -0.3 is 10.3 Å². The maximum Gasteiger partial charge on any atom is 0.240 e. The third-order valence-corrected chi connectivity index (χ3v) is 2.12. The number of nitrogens with two attached hydrogens (primary N) is 1. The Morgan fingerprint density at radius 3 is 2.73 bits per heavy atom. The monoisotopic (exact) mass is 199 g/mol. The van der Waals surface area contributed by atoms with Crippen LogP contribution in [0.1, 0.15) is 16.8 Å². The van der Waals surface area contributed by atoms with Crippen molar-refractivity contribution in [3.63, 3.8) is 0 Å². The number of nitriles is 1. The van der Waals surface area contributed by atoms with Gasteiger partial charge in [-0.15, -0.1) is 0 Å². The van der Waals surface area contributed by atoms with Crippen LogP contribution in [0.3, 0.4) is 0 Å². The molecule has 2 N–H and O–H groups in total. The first-order valence-corrected chi connectivity index (χ1v) is 4.49. The normalized spacial score (nSPS) is 9.80. The van der Waals surface area contributed by atoms with Gasteiger partial charge in [-0.1, -0.05) is 35.5 Å². The predicted octanol–water partition coefficient (Wildman–Crippen LogP) is 1.72. The molecule has 1 aromatic heterocycles. The summed E-state index contributed by atoms with van der Waals surface area (Å²) in [6.45, 7) is 0. The van der Waals surface area contributed by atoms with Gasteiger partial charge in [0.15, 0.2) is 0 Å². The fraction of sp³-hybridized carbons (Fsp3) is 0.0909. The highest BCUT2D eigenvalue weighted by Gasteiger charge is 2.12. The van der Waals surface area contributed by atoms with Crippen LogP contribution in [-0.4, -0.2) is 5.16 Å². The van der Waals surface area contributed by atoms with Gasteiger partial charge in [-0.2, -0.15) is 5.26 Å². The Hall–Kier alpha value is -2.28. The van der Waals surface area contributed by atoms with Gasteiger partial charge in [0.1, 0.15) is 17.3 Å². The van der Waals surface area contributed by atoms with Crippen LogP contribution in [0.25, 0.3) is 0 Å². The topological polar surface area (TPSA) is 75.8 Å². The quantitative estimate of drug-likeness (QED) is 0.798. The number of aromatic nitrogens is 1. The van der Waals surface area contributed by atoms with Crippen molar-refractivity contribution < 1.29 is 4.52 Å². The molecule has 0 bridgehead atoms. The molecule has 0 spiro atoms. The van der Waals surface area contributed by atoms with Crippen molar-refractivity contribution in [3.05, 3.63) is 47.2 Å². The Labute approximate surface area is 86.9 Å². The zero-order valence-corrected chi connectivity index (χ0v) is 7.97. The largest absolute Gasteiger partial charge is 0.366 e. The van der Waals surface area contributed by atoms with Crippen molar-refractivity contribution in [2.75, 3.05) is 5.73 Å². The lowest BCUT2D eigenvalue weighted by molar-refractivity contribution is 0.429. The standard InChI is InChI=1S/C11H9N3O/c12-7-9-10(14-15-11(9)13)6-8-4-2-1-3-5-8/h1-5H,6,13H2. The Kier molecular flexibility index (Phi) is 2.38. The molecule has 0 aliphatic heterocycles. The molecule has 1 aromatic carbocycles. The van der Waals surface area contributed by atoms with E-state index in [1.807, 2.05) is 36.4 Å². The van der Waals surface area contributed by atoms with Crippen LogP contribution in [0.15, 0.2) is 34.9 Å². The van der Waals surface area contributed by atoms with Gasteiger partial charge >= 0.3 is 0 Å². The Bertz CT molecular complexity index is 496. The Balaban J connectivity index is 2.30. The minimum Gasteiger partial charge on any atom is -0.366 e. The maximum absolute atomic E-state index is 8.84.